The fourth-order valence-electron chi connectivity index (χ4n) is 6.02. The Bertz CT molecular complexity index is 366. The van der Waals surface area contributed by atoms with Crippen LogP contribution in [0.15, 0.2) is 12.7 Å². The summed E-state index contributed by atoms with van der Waals surface area (Å²) < 4.78 is 5.88. The van der Waals surface area contributed by atoms with Gasteiger partial charge in [-0.25, -0.2) is 0 Å². The first-order valence-corrected chi connectivity index (χ1v) is 11.5. The van der Waals surface area contributed by atoms with Crippen LogP contribution in [0.25, 0.3) is 0 Å². The highest BCUT2D eigenvalue weighted by atomic mass is 16.5. The van der Waals surface area contributed by atoms with Crippen molar-refractivity contribution in [3.05, 3.63) is 12.7 Å². The highest BCUT2D eigenvalue weighted by Gasteiger charge is 2.31. The standard InChI is InChI=1S/C24H42O/c1-3-5-19-8-13-22(14-9-19)23-15-10-20(11-16-23)6-7-21-12-17-24(4-2)25-18-21/h4,19-24H,2-3,5-18H2,1H3. The molecule has 25 heavy (non-hydrogen) atoms. The summed E-state index contributed by atoms with van der Waals surface area (Å²) in [7, 11) is 0. The van der Waals surface area contributed by atoms with E-state index < -0.39 is 0 Å². The molecule has 2 atom stereocenters. The fourth-order valence-corrected chi connectivity index (χ4v) is 6.02. The summed E-state index contributed by atoms with van der Waals surface area (Å²) >= 11 is 0. The van der Waals surface area contributed by atoms with E-state index in [4.69, 9.17) is 4.74 Å². The van der Waals surface area contributed by atoms with Crippen molar-refractivity contribution >= 4 is 0 Å². The van der Waals surface area contributed by atoms with Gasteiger partial charge in [-0.1, -0.05) is 57.9 Å². The fraction of sp³-hybridized carbons (Fsp3) is 0.917. The zero-order valence-corrected chi connectivity index (χ0v) is 16.8. The highest BCUT2D eigenvalue weighted by Crippen LogP contribution is 2.43. The van der Waals surface area contributed by atoms with Gasteiger partial charge in [-0.15, -0.1) is 6.58 Å². The van der Waals surface area contributed by atoms with Crippen LogP contribution in [0.3, 0.4) is 0 Å². The lowest BCUT2D eigenvalue weighted by atomic mass is 9.68. The molecule has 3 rings (SSSR count). The first-order valence-electron chi connectivity index (χ1n) is 11.5. The SMILES string of the molecule is C=CC1CCC(CCC2CCC(C3CCC(CCC)CC3)CC2)CO1. The summed E-state index contributed by atoms with van der Waals surface area (Å²) in [4.78, 5) is 0. The zero-order chi connectivity index (χ0) is 17.5. The lowest BCUT2D eigenvalue weighted by Gasteiger charge is -2.38. The largest absolute Gasteiger partial charge is 0.374 e. The van der Waals surface area contributed by atoms with Crippen LogP contribution < -0.4 is 0 Å². The maximum atomic E-state index is 5.88. The molecule has 0 spiro atoms. The first kappa shape index (κ1) is 19.5. The molecule has 144 valence electrons. The smallest absolute Gasteiger partial charge is 0.0753 e. The molecule has 0 radical (unpaired) electrons. The Balaban J connectivity index is 1.29. The minimum absolute atomic E-state index is 0.333. The Hall–Kier alpha value is -0.300. The van der Waals surface area contributed by atoms with Crippen LogP contribution in [0, 0.1) is 29.6 Å². The molecule has 1 heterocycles. The second kappa shape index (κ2) is 10.1. The van der Waals surface area contributed by atoms with E-state index in [9.17, 15) is 0 Å². The predicted molar refractivity (Wildman–Crippen MR) is 108 cm³/mol. The van der Waals surface area contributed by atoms with Crippen LogP contribution in [0.2, 0.25) is 0 Å². The Labute approximate surface area is 157 Å². The van der Waals surface area contributed by atoms with E-state index in [0.717, 1.165) is 36.2 Å². The molecular formula is C24H42O. The third-order valence-corrected chi connectivity index (χ3v) is 7.80. The molecule has 1 saturated heterocycles. The van der Waals surface area contributed by atoms with E-state index >= 15 is 0 Å². The van der Waals surface area contributed by atoms with Gasteiger partial charge < -0.3 is 4.74 Å². The molecule has 1 nitrogen and oxygen atoms in total. The Kier molecular flexibility index (Phi) is 7.90. The topological polar surface area (TPSA) is 9.23 Å². The molecule has 2 unspecified atom stereocenters. The highest BCUT2D eigenvalue weighted by molar-refractivity contribution is 4.85. The van der Waals surface area contributed by atoms with Crippen molar-refractivity contribution in [1.29, 1.82) is 0 Å². The second-order valence-electron chi connectivity index (χ2n) is 9.48. The van der Waals surface area contributed by atoms with Gasteiger partial charge in [-0.3, -0.25) is 0 Å². The van der Waals surface area contributed by atoms with Crippen LogP contribution >= 0.6 is 0 Å². The second-order valence-corrected chi connectivity index (χ2v) is 9.48. The molecule has 0 aromatic heterocycles. The minimum Gasteiger partial charge on any atom is -0.374 e. The van der Waals surface area contributed by atoms with Gasteiger partial charge in [0.25, 0.3) is 0 Å². The Morgan fingerprint density at radius 1 is 0.720 bits per heavy atom. The molecule has 0 amide bonds. The van der Waals surface area contributed by atoms with Crippen molar-refractivity contribution in [3.63, 3.8) is 0 Å². The summed E-state index contributed by atoms with van der Waals surface area (Å²) in [5.74, 6) is 5.06. The molecular weight excluding hydrogens is 304 g/mol. The number of hydrogen-bond acceptors (Lipinski definition) is 1. The number of rotatable bonds is 7. The van der Waals surface area contributed by atoms with Crippen molar-refractivity contribution in [2.24, 2.45) is 29.6 Å². The van der Waals surface area contributed by atoms with Gasteiger partial charge in [-0.2, -0.15) is 0 Å². The molecule has 0 bridgehead atoms. The lowest BCUT2D eigenvalue weighted by molar-refractivity contribution is 0.00604. The van der Waals surface area contributed by atoms with Gasteiger partial charge in [0.1, 0.15) is 0 Å². The molecule has 0 aromatic rings. The summed E-state index contributed by atoms with van der Waals surface area (Å²) in [6, 6.07) is 0. The van der Waals surface area contributed by atoms with E-state index in [-0.39, 0.29) is 0 Å². The summed E-state index contributed by atoms with van der Waals surface area (Å²) in [6.45, 7) is 7.19. The van der Waals surface area contributed by atoms with E-state index in [1.807, 2.05) is 6.08 Å². The van der Waals surface area contributed by atoms with Crippen LogP contribution in [0.5, 0.6) is 0 Å². The zero-order valence-electron chi connectivity index (χ0n) is 16.8. The summed E-state index contributed by atoms with van der Waals surface area (Å²) in [5, 5.41) is 0. The minimum atomic E-state index is 0.333. The third-order valence-electron chi connectivity index (χ3n) is 7.80. The van der Waals surface area contributed by atoms with Crippen molar-refractivity contribution in [1.82, 2.24) is 0 Å². The van der Waals surface area contributed by atoms with Crippen LogP contribution in [-0.2, 0) is 4.74 Å². The molecule has 3 fully saturated rings. The average molecular weight is 347 g/mol. The molecule has 3 aliphatic rings. The van der Waals surface area contributed by atoms with Crippen LogP contribution in [-0.4, -0.2) is 12.7 Å². The molecule has 1 heteroatoms. The number of hydrogen-bond donors (Lipinski definition) is 0. The van der Waals surface area contributed by atoms with Crippen LogP contribution in [0.1, 0.15) is 96.8 Å². The van der Waals surface area contributed by atoms with Gasteiger partial charge in [-0.05, 0) is 74.5 Å². The van der Waals surface area contributed by atoms with Crippen molar-refractivity contribution in [3.8, 4) is 0 Å². The van der Waals surface area contributed by atoms with Gasteiger partial charge in [0.2, 0.25) is 0 Å². The summed E-state index contributed by atoms with van der Waals surface area (Å²) in [5.41, 5.74) is 0. The van der Waals surface area contributed by atoms with E-state index in [0.29, 0.717) is 6.10 Å². The van der Waals surface area contributed by atoms with E-state index in [1.54, 1.807) is 12.8 Å². The van der Waals surface area contributed by atoms with Crippen molar-refractivity contribution in [2.45, 2.75) is 103 Å². The molecule has 2 saturated carbocycles. The van der Waals surface area contributed by atoms with Gasteiger partial charge in [0.05, 0.1) is 12.7 Å². The maximum absolute atomic E-state index is 5.88. The summed E-state index contributed by atoms with van der Waals surface area (Å²) in [6.07, 6.45) is 22.9. The van der Waals surface area contributed by atoms with Crippen molar-refractivity contribution < 1.29 is 4.74 Å². The molecule has 1 aliphatic heterocycles. The molecule has 0 aromatic carbocycles. The normalized spacial score (nSPS) is 39.9. The molecule has 2 aliphatic carbocycles. The predicted octanol–water partition coefficient (Wildman–Crippen LogP) is 7.16. The van der Waals surface area contributed by atoms with E-state index in [1.165, 1.54) is 77.0 Å². The Morgan fingerprint density at radius 2 is 1.24 bits per heavy atom. The monoisotopic (exact) mass is 346 g/mol. The Morgan fingerprint density at radius 3 is 1.72 bits per heavy atom. The first-order chi connectivity index (χ1) is 12.3. The van der Waals surface area contributed by atoms with Gasteiger partial charge >= 0.3 is 0 Å². The van der Waals surface area contributed by atoms with Gasteiger partial charge in [0, 0.05) is 0 Å². The van der Waals surface area contributed by atoms with Crippen molar-refractivity contribution in [2.75, 3.05) is 6.61 Å². The van der Waals surface area contributed by atoms with Crippen LogP contribution in [0.4, 0.5) is 0 Å². The van der Waals surface area contributed by atoms with Gasteiger partial charge in [0.15, 0.2) is 0 Å². The number of ether oxygens (including phenoxy) is 1. The lowest BCUT2D eigenvalue weighted by Crippen LogP contribution is -2.27. The third kappa shape index (κ3) is 5.84. The molecule has 0 N–H and O–H groups in total. The maximum Gasteiger partial charge on any atom is 0.0753 e. The quantitative estimate of drug-likeness (QED) is 0.444. The van der Waals surface area contributed by atoms with E-state index in [2.05, 4.69) is 13.5 Å². The average Bonchev–Trinajstić information content (AvgIpc) is 2.68.